The van der Waals surface area contributed by atoms with Gasteiger partial charge in [-0.25, -0.2) is 0 Å². The van der Waals surface area contributed by atoms with Crippen molar-refractivity contribution in [3.8, 4) is 0 Å². The number of carboxylic acids is 1. The van der Waals surface area contributed by atoms with Crippen LogP contribution in [0.15, 0.2) is 61.2 Å². The van der Waals surface area contributed by atoms with Crippen molar-refractivity contribution in [2.24, 2.45) is 0 Å². The van der Waals surface area contributed by atoms with Crippen LogP contribution in [0.5, 0.6) is 0 Å². The summed E-state index contributed by atoms with van der Waals surface area (Å²) in [6.07, 6.45) is 5.76. The summed E-state index contributed by atoms with van der Waals surface area (Å²) >= 11 is 0. The average molecular weight is 335 g/mol. The van der Waals surface area contributed by atoms with Crippen molar-refractivity contribution in [2.75, 3.05) is 13.1 Å². The highest BCUT2D eigenvalue weighted by molar-refractivity contribution is 5.69. The molecule has 0 aromatic heterocycles. The predicted molar refractivity (Wildman–Crippen MR) is 101 cm³/mol. The minimum atomic E-state index is -0.820. The second-order valence-corrected chi connectivity index (χ2v) is 6.71. The largest absolute Gasteiger partial charge is 0.480 e. The van der Waals surface area contributed by atoms with Crippen molar-refractivity contribution < 1.29 is 9.90 Å². The van der Waals surface area contributed by atoms with Crippen molar-refractivity contribution in [1.82, 2.24) is 5.32 Å². The maximum atomic E-state index is 10.8. The van der Waals surface area contributed by atoms with E-state index in [1.807, 2.05) is 6.08 Å². The summed E-state index contributed by atoms with van der Waals surface area (Å²) in [6.45, 7) is 4.67. The van der Waals surface area contributed by atoms with E-state index in [0.29, 0.717) is 6.54 Å². The van der Waals surface area contributed by atoms with E-state index in [1.54, 1.807) is 0 Å². The molecular formula is C22H25NO2. The Morgan fingerprint density at radius 2 is 1.64 bits per heavy atom. The number of benzene rings is 2. The monoisotopic (exact) mass is 335 g/mol. The molecular weight excluding hydrogens is 310 g/mol. The molecule has 2 aromatic carbocycles. The molecule has 3 rings (SSSR count). The van der Waals surface area contributed by atoms with Crippen LogP contribution >= 0.6 is 0 Å². The Bertz CT molecular complexity index is 719. The first-order chi connectivity index (χ1) is 12.2. The van der Waals surface area contributed by atoms with Crippen molar-refractivity contribution in [3.63, 3.8) is 0 Å². The number of carbonyl (C=O) groups is 1. The molecule has 0 heterocycles. The Kier molecular flexibility index (Phi) is 5.34. The topological polar surface area (TPSA) is 49.3 Å². The van der Waals surface area contributed by atoms with E-state index in [2.05, 4.69) is 60.4 Å². The molecule has 0 bridgehead atoms. The maximum Gasteiger partial charge on any atom is 0.317 e. The Balaban J connectivity index is 2.07. The molecule has 3 heteroatoms. The number of rotatable bonds is 7. The number of allylic oxidation sites excluding steroid dienone is 1. The number of hydrogen-bond donors (Lipinski definition) is 2. The number of carboxylic acid groups (broad SMARTS) is 1. The molecule has 0 spiro atoms. The van der Waals surface area contributed by atoms with Gasteiger partial charge in [0.25, 0.3) is 0 Å². The van der Waals surface area contributed by atoms with Crippen molar-refractivity contribution in [2.45, 2.75) is 31.1 Å². The molecule has 0 amide bonds. The van der Waals surface area contributed by atoms with Gasteiger partial charge in [-0.1, -0.05) is 54.6 Å². The third kappa shape index (κ3) is 3.52. The number of hydrogen-bond acceptors (Lipinski definition) is 2. The number of fused-ring (bicyclic) bond motifs is 2. The van der Waals surface area contributed by atoms with E-state index < -0.39 is 5.97 Å². The minimum Gasteiger partial charge on any atom is -0.480 e. The normalized spacial score (nSPS) is 14.9. The standard InChI is InChI=1S/C22H25NO2/c1-2-13-22(14-15-23-16-21(24)25)19-9-5-3-7-17(19)11-12-18-8-4-6-10-20(18)22/h2-10,23H,1,11-16H2,(H,24,25). The van der Waals surface area contributed by atoms with Gasteiger partial charge in [-0.3, -0.25) is 4.79 Å². The summed E-state index contributed by atoms with van der Waals surface area (Å²) in [6, 6.07) is 17.3. The van der Waals surface area contributed by atoms with Crippen LogP contribution in [0.3, 0.4) is 0 Å². The molecule has 0 saturated heterocycles. The molecule has 3 nitrogen and oxygen atoms in total. The third-order valence-corrected chi connectivity index (χ3v) is 5.23. The van der Waals surface area contributed by atoms with Crippen LogP contribution in [0, 0.1) is 0 Å². The van der Waals surface area contributed by atoms with Crippen LogP contribution in [0.4, 0.5) is 0 Å². The molecule has 2 aromatic rings. The highest BCUT2D eigenvalue weighted by Gasteiger charge is 2.37. The van der Waals surface area contributed by atoms with Crippen molar-refractivity contribution in [1.29, 1.82) is 0 Å². The van der Waals surface area contributed by atoms with E-state index >= 15 is 0 Å². The Hall–Kier alpha value is -2.39. The highest BCUT2D eigenvalue weighted by Crippen LogP contribution is 2.44. The fourth-order valence-electron chi connectivity index (χ4n) is 4.16. The summed E-state index contributed by atoms with van der Waals surface area (Å²) < 4.78 is 0. The first-order valence-corrected chi connectivity index (χ1v) is 8.87. The molecule has 0 unspecified atom stereocenters. The lowest BCUT2D eigenvalue weighted by Gasteiger charge is -2.36. The third-order valence-electron chi connectivity index (χ3n) is 5.23. The lowest BCUT2D eigenvalue weighted by Crippen LogP contribution is -2.34. The molecule has 0 saturated carbocycles. The quantitative estimate of drug-likeness (QED) is 0.599. The lowest BCUT2D eigenvalue weighted by atomic mass is 9.68. The first-order valence-electron chi connectivity index (χ1n) is 8.87. The van der Waals surface area contributed by atoms with Gasteiger partial charge in [0.2, 0.25) is 0 Å². The van der Waals surface area contributed by atoms with E-state index in [4.69, 9.17) is 5.11 Å². The van der Waals surface area contributed by atoms with Gasteiger partial charge in [0.05, 0.1) is 6.54 Å². The van der Waals surface area contributed by atoms with Gasteiger partial charge >= 0.3 is 5.97 Å². The Labute approximate surface area is 149 Å². The molecule has 130 valence electrons. The summed E-state index contributed by atoms with van der Waals surface area (Å²) in [5.74, 6) is -0.820. The number of nitrogens with one attached hydrogen (secondary N) is 1. The molecule has 2 N–H and O–H groups in total. The van der Waals surface area contributed by atoms with E-state index in [-0.39, 0.29) is 12.0 Å². The first kappa shape index (κ1) is 17.4. The Morgan fingerprint density at radius 3 is 2.16 bits per heavy atom. The zero-order valence-electron chi connectivity index (χ0n) is 14.5. The zero-order valence-corrected chi connectivity index (χ0v) is 14.5. The predicted octanol–water partition coefficient (Wildman–Crippen LogP) is 3.71. The SMILES string of the molecule is C=CCC1(CCNCC(=O)O)c2ccccc2CCc2ccccc21. The van der Waals surface area contributed by atoms with Gasteiger partial charge in [0.1, 0.15) is 0 Å². The second kappa shape index (κ2) is 7.66. The van der Waals surface area contributed by atoms with Gasteiger partial charge in [0.15, 0.2) is 0 Å². The van der Waals surface area contributed by atoms with Crippen molar-refractivity contribution >= 4 is 5.97 Å². The number of aryl methyl sites for hydroxylation is 2. The van der Waals surface area contributed by atoms with Gasteiger partial charge in [-0.2, -0.15) is 0 Å². The second-order valence-electron chi connectivity index (χ2n) is 6.71. The lowest BCUT2D eigenvalue weighted by molar-refractivity contribution is -0.135. The minimum absolute atomic E-state index is 0.00649. The van der Waals surface area contributed by atoms with E-state index in [1.165, 1.54) is 22.3 Å². The molecule has 0 aliphatic heterocycles. The number of aliphatic carboxylic acids is 1. The molecule has 0 fully saturated rings. The summed E-state index contributed by atoms with van der Waals surface area (Å²) in [5, 5.41) is 12.0. The van der Waals surface area contributed by atoms with Crippen LogP contribution < -0.4 is 5.32 Å². The van der Waals surface area contributed by atoms with Crippen LogP contribution in [0.2, 0.25) is 0 Å². The molecule has 1 aliphatic rings. The van der Waals surface area contributed by atoms with Gasteiger partial charge in [-0.15, -0.1) is 6.58 Å². The zero-order chi connectivity index (χ0) is 17.7. The Morgan fingerprint density at radius 1 is 1.08 bits per heavy atom. The fraction of sp³-hybridized carbons (Fsp3) is 0.318. The molecule has 0 radical (unpaired) electrons. The van der Waals surface area contributed by atoms with Crippen LogP contribution in [-0.2, 0) is 23.1 Å². The smallest absolute Gasteiger partial charge is 0.317 e. The summed E-state index contributed by atoms with van der Waals surface area (Å²) in [7, 11) is 0. The fourth-order valence-corrected chi connectivity index (χ4v) is 4.16. The van der Waals surface area contributed by atoms with Gasteiger partial charge in [-0.05, 0) is 54.5 Å². The van der Waals surface area contributed by atoms with Gasteiger partial charge in [0, 0.05) is 5.41 Å². The van der Waals surface area contributed by atoms with Crippen LogP contribution in [-0.4, -0.2) is 24.2 Å². The highest BCUT2D eigenvalue weighted by atomic mass is 16.4. The van der Waals surface area contributed by atoms with E-state index in [9.17, 15) is 4.79 Å². The molecule has 25 heavy (non-hydrogen) atoms. The summed E-state index contributed by atoms with van der Waals surface area (Å²) in [4.78, 5) is 10.8. The average Bonchev–Trinajstić information content (AvgIpc) is 2.75. The van der Waals surface area contributed by atoms with Gasteiger partial charge < -0.3 is 10.4 Å². The van der Waals surface area contributed by atoms with Crippen molar-refractivity contribution in [3.05, 3.63) is 83.4 Å². The maximum absolute atomic E-state index is 10.8. The molecule has 0 atom stereocenters. The van der Waals surface area contributed by atoms with Crippen LogP contribution in [0.25, 0.3) is 0 Å². The van der Waals surface area contributed by atoms with E-state index in [0.717, 1.165) is 25.7 Å². The van der Waals surface area contributed by atoms with Crippen LogP contribution in [0.1, 0.15) is 35.1 Å². The molecule has 1 aliphatic carbocycles. The summed E-state index contributed by atoms with van der Waals surface area (Å²) in [5.41, 5.74) is 5.34.